The third kappa shape index (κ3) is 2.57. The molecule has 0 spiro atoms. The van der Waals surface area contributed by atoms with E-state index in [4.69, 9.17) is 5.11 Å². The summed E-state index contributed by atoms with van der Waals surface area (Å²) in [6.07, 6.45) is -1.06. The van der Waals surface area contributed by atoms with Gasteiger partial charge in [0.25, 0.3) is 0 Å². The van der Waals surface area contributed by atoms with Gasteiger partial charge in [-0.3, -0.25) is 0 Å². The molecule has 1 amide bonds. The molecule has 7 nitrogen and oxygen atoms in total. The molecule has 2 rings (SSSR count). The molecule has 0 unspecified atom stereocenters. The zero-order valence-corrected chi connectivity index (χ0v) is 9.16. The van der Waals surface area contributed by atoms with Crippen molar-refractivity contribution >= 4 is 6.09 Å². The van der Waals surface area contributed by atoms with Gasteiger partial charge in [0.15, 0.2) is 0 Å². The summed E-state index contributed by atoms with van der Waals surface area (Å²) in [5.74, 6) is 0.482. The third-order valence-electron chi connectivity index (χ3n) is 2.20. The third-order valence-corrected chi connectivity index (χ3v) is 2.20. The van der Waals surface area contributed by atoms with Crippen LogP contribution in [0.4, 0.5) is 4.79 Å². The predicted molar refractivity (Wildman–Crippen MR) is 59.1 cm³/mol. The smallest absolute Gasteiger partial charge is 0.404 e. The van der Waals surface area contributed by atoms with Crippen molar-refractivity contribution in [3.8, 4) is 11.4 Å². The number of aromatic nitrogens is 4. The quantitative estimate of drug-likeness (QED) is 0.811. The van der Waals surface area contributed by atoms with E-state index in [1.165, 1.54) is 4.80 Å². The highest BCUT2D eigenvalue weighted by molar-refractivity contribution is 5.66. The van der Waals surface area contributed by atoms with E-state index in [2.05, 4.69) is 20.7 Å². The van der Waals surface area contributed by atoms with Crippen LogP contribution in [0.5, 0.6) is 0 Å². The number of aryl methyl sites for hydroxylation is 1. The number of nitrogens with one attached hydrogen (secondary N) is 1. The Morgan fingerprint density at radius 1 is 1.47 bits per heavy atom. The molecule has 17 heavy (non-hydrogen) atoms. The minimum Gasteiger partial charge on any atom is -0.465 e. The van der Waals surface area contributed by atoms with E-state index in [-0.39, 0.29) is 6.54 Å². The van der Waals surface area contributed by atoms with Crippen molar-refractivity contribution < 1.29 is 9.90 Å². The van der Waals surface area contributed by atoms with Gasteiger partial charge in [-0.05, 0) is 10.8 Å². The van der Waals surface area contributed by atoms with Gasteiger partial charge in [-0.2, -0.15) is 4.80 Å². The molecule has 0 saturated carbocycles. The van der Waals surface area contributed by atoms with Crippen LogP contribution in [-0.2, 0) is 13.6 Å². The summed E-state index contributed by atoms with van der Waals surface area (Å²) in [4.78, 5) is 11.8. The normalized spacial score (nSPS) is 10.2. The molecule has 7 heteroatoms. The number of nitrogens with zero attached hydrogens (tertiary/aromatic N) is 4. The lowest BCUT2D eigenvalue weighted by Gasteiger charge is -2.05. The highest BCUT2D eigenvalue weighted by Crippen LogP contribution is 2.18. The lowest BCUT2D eigenvalue weighted by molar-refractivity contribution is 0.194. The molecule has 2 N–H and O–H groups in total. The molecule has 0 radical (unpaired) electrons. The maximum absolute atomic E-state index is 10.5. The Bertz CT molecular complexity index is 537. The average Bonchev–Trinajstić information content (AvgIpc) is 2.73. The molecule has 1 aromatic heterocycles. The van der Waals surface area contributed by atoms with Gasteiger partial charge in [0.05, 0.1) is 7.05 Å². The van der Waals surface area contributed by atoms with Crippen molar-refractivity contribution in [1.29, 1.82) is 0 Å². The number of tetrazole rings is 1. The van der Waals surface area contributed by atoms with Gasteiger partial charge in [0.1, 0.15) is 0 Å². The first-order chi connectivity index (χ1) is 8.16. The Hall–Kier alpha value is -2.44. The zero-order valence-electron chi connectivity index (χ0n) is 9.16. The van der Waals surface area contributed by atoms with E-state index in [0.717, 1.165) is 11.1 Å². The van der Waals surface area contributed by atoms with Gasteiger partial charge in [0, 0.05) is 12.1 Å². The first kappa shape index (κ1) is 11.1. The molecule has 0 atom stereocenters. The van der Waals surface area contributed by atoms with Crippen molar-refractivity contribution in [2.75, 3.05) is 0 Å². The summed E-state index contributed by atoms with van der Waals surface area (Å²) in [6.45, 7) is 0.212. The second kappa shape index (κ2) is 4.60. The van der Waals surface area contributed by atoms with Crippen molar-refractivity contribution in [3.63, 3.8) is 0 Å². The van der Waals surface area contributed by atoms with Crippen LogP contribution in [0.2, 0.25) is 0 Å². The van der Waals surface area contributed by atoms with Gasteiger partial charge >= 0.3 is 6.09 Å². The highest BCUT2D eigenvalue weighted by atomic mass is 16.4. The van der Waals surface area contributed by atoms with Crippen LogP contribution in [0.25, 0.3) is 11.4 Å². The molecular weight excluding hydrogens is 222 g/mol. The fraction of sp³-hybridized carbons (Fsp3) is 0.200. The standard InChI is InChI=1S/C10H11N5O2/c1-15-13-9(12-14-15)8-5-3-2-4-7(8)6-11-10(16)17/h2-5,11H,6H2,1H3,(H,16,17). The number of carbonyl (C=O) groups is 1. The Balaban J connectivity index is 2.30. The van der Waals surface area contributed by atoms with E-state index >= 15 is 0 Å². The number of benzene rings is 1. The first-order valence-corrected chi connectivity index (χ1v) is 4.96. The summed E-state index contributed by atoms with van der Waals surface area (Å²) in [5.41, 5.74) is 1.58. The van der Waals surface area contributed by atoms with E-state index in [0.29, 0.717) is 5.82 Å². The Morgan fingerprint density at radius 3 is 2.88 bits per heavy atom. The molecule has 1 aromatic carbocycles. The summed E-state index contributed by atoms with van der Waals surface area (Å²) in [7, 11) is 1.68. The molecule has 2 aromatic rings. The van der Waals surface area contributed by atoms with Crippen LogP contribution < -0.4 is 5.32 Å². The monoisotopic (exact) mass is 233 g/mol. The number of carboxylic acid groups (broad SMARTS) is 1. The van der Waals surface area contributed by atoms with Gasteiger partial charge < -0.3 is 10.4 Å². The SMILES string of the molecule is Cn1nnc(-c2ccccc2CNC(=O)O)n1. The Labute approximate surface area is 97.1 Å². The topological polar surface area (TPSA) is 92.9 Å². The lowest BCUT2D eigenvalue weighted by Crippen LogP contribution is -2.20. The second-order valence-electron chi connectivity index (χ2n) is 3.42. The van der Waals surface area contributed by atoms with Gasteiger partial charge in [-0.15, -0.1) is 10.2 Å². The number of rotatable bonds is 3. The van der Waals surface area contributed by atoms with Crippen molar-refractivity contribution in [2.45, 2.75) is 6.54 Å². The number of hydrogen-bond donors (Lipinski definition) is 2. The Morgan fingerprint density at radius 2 is 2.24 bits per heavy atom. The zero-order chi connectivity index (χ0) is 12.3. The largest absolute Gasteiger partial charge is 0.465 e. The first-order valence-electron chi connectivity index (χ1n) is 4.96. The second-order valence-corrected chi connectivity index (χ2v) is 3.42. The molecule has 0 bridgehead atoms. The number of amides is 1. The summed E-state index contributed by atoms with van der Waals surface area (Å²) in [5, 5.41) is 22.6. The van der Waals surface area contributed by atoms with Crippen LogP contribution in [0.15, 0.2) is 24.3 Å². The summed E-state index contributed by atoms with van der Waals surface area (Å²) >= 11 is 0. The van der Waals surface area contributed by atoms with Crippen molar-refractivity contribution in [3.05, 3.63) is 29.8 Å². The van der Waals surface area contributed by atoms with Crippen LogP contribution >= 0.6 is 0 Å². The molecule has 0 aliphatic carbocycles. The van der Waals surface area contributed by atoms with Gasteiger partial charge in [-0.25, -0.2) is 4.79 Å². The lowest BCUT2D eigenvalue weighted by atomic mass is 10.1. The molecule has 1 heterocycles. The molecule has 0 fully saturated rings. The molecule has 0 saturated heterocycles. The van der Waals surface area contributed by atoms with E-state index in [1.54, 1.807) is 7.05 Å². The minimum atomic E-state index is -1.06. The van der Waals surface area contributed by atoms with Gasteiger partial charge in [-0.1, -0.05) is 24.3 Å². The minimum absolute atomic E-state index is 0.212. The summed E-state index contributed by atoms with van der Waals surface area (Å²) < 4.78 is 0. The Kier molecular flexibility index (Phi) is 2.99. The molecule has 0 aliphatic heterocycles. The van der Waals surface area contributed by atoms with Crippen LogP contribution in [-0.4, -0.2) is 31.4 Å². The van der Waals surface area contributed by atoms with Crippen molar-refractivity contribution in [2.24, 2.45) is 7.05 Å². The predicted octanol–water partition coefficient (Wildman–Crippen LogP) is 0.645. The number of hydrogen-bond acceptors (Lipinski definition) is 4. The fourth-order valence-corrected chi connectivity index (χ4v) is 1.46. The average molecular weight is 233 g/mol. The van der Waals surface area contributed by atoms with Crippen LogP contribution in [0.1, 0.15) is 5.56 Å². The fourth-order valence-electron chi connectivity index (χ4n) is 1.46. The van der Waals surface area contributed by atoms with E-state index in [9.17, 15) is 4.79 Å². The molecule has 88 valence electrons. The van der Waals surface area contributed by atoms with Crippen LogP contribution in [0, 0.1) is 0 Å². The van der Waals surface area contributed by atoms with E-state index < -0.39 is 6.09 Å². The van der Waals surface area contributed by atoms with E-state index in [1.807, 2.05) is 24.3 Å². The maximum atomic E-state index is 10.5. The van der Waals surface area contributed by atoms with Gasteiger partial charge in [0.2, 0.25) is 5.82 Å². The molecule has 0 aliphatic rings. The maximum Gasteiger partial charge on any atom is 0.404 e. The summed E-state index contributed by atoms with van der Waals surface area (Å²) in [6, 6.07) is 7.33. The van der Waals surface area contributed by atoms with Crippen molar-refractivity contribution in [1.82, 2.24) is 25.5 Å². The van der Waals surface area contributed by atoms with Crippen LogP contribution in [0.3, 0.4) is 0 Å². The molecular formula is C10H11N5O2. The highest BCUT2D eigenvalue weighted by Gasteiger charge is 2.09.